The molecule has 260 valence electrons. The maximum atomic E-state index is 15.3. The van der Waals surface area contributed by atoms with Gasteiger partial charge in [-0.25, -0.2) is 4.39 Å². The largest absolute Gasteiger partial charge is 0.503 e. The molecule has 8 rings (SSSR count). The number of hydrogen-bond acceptors (Lipinski definition) is 8. The molecule has 0 bridgehead atoms. The number of thiophene rings is 1. The normalized spacial score (nSPS) is 26.9. The third kappa shape index (κ3) is 5.13. The van der Waals surface area contributed by atoms with Crippen LogP contribution in [0.1, 0.15) is 34.8 Å². The number of phenols is 1. The average molecular weight is 791 g/mol. The van der Waals surface area contributed by atoms with Crippen molar-refractivity contribution in [2.75, 3.05) is 12.5 Å². The predicted octanol–water partition coefficient (Wildman–Crippen LogP) is 7.20. The molecule has 3 aromatic carbocycles. The first-order valence-electron chi connectivity index (χ1n) is 16.3. The van der Waals surface area contributed by atoms with Crippen molar-refractivity contribution in [1.29, 1.82) is 0 Å². The molecule has 1 saturated carbocycles. The second-order valence-electron chi connectivity index (χ2n) is 13.3. The highest BCUT2D eigenvalue weighted by atomic mass is 79.9. The minimum absolute atomic E-state index is 0.112. The molecule has 4 amide bonds. The number of nitrogens with zero attached hydrogens (tertiary/aromatic N) is 2. The first-order chi connectivity index (χ1) is 24.5. The summed E-state index contributed by atoms with van der Waals surface area (Å²) in [6, 6.07) is 19.2. The van der Waals surface area contributed by atoms with Crippen molar-refractivity contribution in [3.8, 4) is 11.5 Å². The molecular weight excluding hydrogens is 761 g/mol. The number of ether oxygens (including phenoxy) is 1. The molecule has 2 saturated heterocycles. The van der Waals surface area contributed by atoms with Crippen LogP contribution in [0.5, 0.6) is 11.5 Å². The number of rotatable bonds is 7. The van der Waals surface area contributed by atoms with E-state index in [-0.39, 0.29) is 42.7 Å². The summed E-state index contributed by atoms with van der Waals surface area (Å²) in [5.74, 6) is -5.87. The smallest absolute Gasteiger partial charge is 0.260 e. The number of aromatic hydroxyl groups is 1. The molecule has 2 aliphatic carbocycles. The van der Waals surface area contributed by atoms with Gasteiger partial charge in [-0.1, -0.05) is 41.4 Å². The van der Waals surface area contributed by atoms with Gasteiger partial charge in [-0.15, -0.1) is 11.3 Å². The summed E-state index contributed by atoms with van der Waals surface area (Å²) in [6.45, 7) is 0.168. The van der Waals surface area contributed by atoms with E-state index < -0.39 is 52.6 Å². The topological polar surface area (TPSA) is 116 Å². The number of fused-ring (bicyclic) bond motifs is 4. The Kier molecular flexibility index (Phi) is 8.31. The lowest BCUT2D eigenvalue weighted by Gasteiger charge is -2.50. The highest BCUT2D eigenvalue weighted by Crippen LogP contribution is 2.64. The number of hydrazine groups is 1. The number of hydrogen-bond donors (Lipinski definition) is 2. The number of halogens is 3. The van der Waals surface area contributed by atoms with E-state index in [0.29, 0.717) is 26.3 Å². The Balaban J connectivity index is 1.33. The van der Waals surface area contributed by atoms with Crippen molar-refractivity contribution in [1.82, 2.24) is 9.91 Å². The maximum absolute atomic E-state index is 15.3. The Labute approximate surface area is 309 Å². The van der Waals surface area contributed by atoms with Gasteiger partial charge < -0.3 is 9.84 Å². The molecular formula is C38H30BrClFN3O6S. The number of nitrogens with one attached hydrogen (secondary N) is 1. The number of carbonyl (C=O) groups is 4. The quantitative estimate of drug-likeness (QED) is 0.150. The monoisotopic (exact) mass is 789 g/mol. The van der Waals surface area contributed by atoms with Crippen molar-refractivity contribution >= 4 is 68.2 Å². The first kappa shape index (κ1) is 33.6. The maximum Gasteiger partial charge on any atom is 0.260 e. The fourth-order valence-corrected chi connectivity index (χ4v) is 10.0. The molecule has 2 aliphatic heterocycles. The Morgan fingerprint density at radius 2 is 1.76 bits per heavy atom. The minimum Gasteiger partial charge on any atom is -0.503 e. The Morgan fingerprint density at radius 1 is 1.02 bits per heavy atom. The van der Waals surface area contributed by atoms with Crippen molar-refractivity contribution in [2.24, 2.45) is 23.7 Å². The number of methoxy groups -OCH3 is 1. The summed E-state index contributed by atoms with van der Waals surface area (Å²) in [4.78, 5) is 60.4. The van der Waals surface area contributed by atoms with Crippen LogP contribution in [0, 0.1) is 29.5 Å². The van der Waals surface area contributed by atoms with Crippen LogP contribution in [-0.2, 0) is 31.1 Å². The van der Waals surface area contributed by atoms with Gasteiger partial charge in [0.25, 0.3) is 11.8 Å². The van der Waals surface area contributed by atoms with Gasteiger partial charge in [0.15, 0.2) is 11.5 Å². The van der Waals surface area contributed by atoms with Crippen LogP contribution in [0.3, 0.4) is 0 Å². The number of phenolic OH excluding ortho intramolecular Hbond substituents is 1. The third-order valence-corrected chi connectivity index (χ3v) is 12.6. The lowest BCUT2D eigenvalue weighted by Crippen LogP contribution is -2.53. The zero-order chi connectivity index (χ0) is 35.8. The van der Waals surface area contributed by atoms with Gasteiger partial charge in [-0.05, 0) is 106 Å². The summed E-state index contributed by atoms with van der Waals surface area (Å²) in [5.41, 5.74) is 3.55. The Morgan fingerprint density at radius 3 is 2.45 bits per heavy atom. The molecule has 9 nitrogen and oxygen atoms in total. The summed E-state index contributed by atoms with van der Waals surface area (Å²) in [7, 11) is 1.42. The van der Waals surface area contributed by atoms with Crippen molar-refractivity contribution in [3.63, 3.8) is 0 Å². The molecule has 3 heterocycles. The molecule has 3 fully saturated rings. The molecule has 0 unspecified atom stereocenters. The fraction of sp³-hybridized carbons (Fsp3) is 0.263. The number of imide groups is 2. The van der Waals surface area contributed by atoms with Gasteiger partial charge in [0.05, 0.1) is 47.0 Å². The lowest BCUT2D eigenvalue weighted by molar-refractivity contribution is -0.141. The summed E-state index contributed by atoms with van der Waals surface area (Å²) in [6.07, 6.45) is 2.35. The number of allylic oxidation sites excluding steroid dienone is 2. The number of anilines is 1. The van der Waals surface area contributed by atoms with Gasteiger partial charge in [0.1, 0.15) is 5.82 Å². The average Bonchev–Trinajstić information content (AvgIpc) is 3.79. The molecule has 2 N–H and O–H groups in total. The SMILES string of the molecule is COc1cc([C@H]2C3=CC[C@@H]4C(=O)N(Cc5cccs5)C(=O)[C@@H]4[C@@H]3C[C@H]3C(=O)N(Nc4ccc(F)cc4)C(=O)[C@@]23c2ccc(Cl)cc2)cc(Br)c1O. The summed E-state index contributed by atoms with van der Waals surface area (Å²) < 4.78 is 19.7. The number of carbonyl (C=O) groups excluding carboxylic acids is 4. The van der Waals surface area contributed by atoms with Gasteiger partial charge in [0, 0.05) is 15.8 Å². The van der Waals surface area contributed by atoms with E-state index in [1.165, 1.54) is 47.6 Å². The van der Waals surface area contributed by atoms with Crippen LogP contribution in [0.25, 0.3) is 0 Å². The zero-order valence-corrected chi connectivity index (χ0v) is 30.2. The molecule has 1 aromatic heterocycles. The predicted molar refractivity (Wildman–Crippen MR) is 191 cm³/mol. The van der Waals surface area contributed by atoms with E-state index >= 15 is 4.79 Å². The molecule has 0 spiro atoms. The van der Waals surface area contributed by atoms with Crippen molar-refractivity contribution in [2.45, 2.75) is 30.7 Å². The van der Waals surface area contributed by atoms with E-state index in [1.54, 1.807) is 36.4 Å². The van der Waals surface area contributed by atoms with Crippen LogP contribution in [0.4, 0.5) is 10.1 Å². The van der Waals surface area contributed by atoms with Gasteiger partial charge in [0.2, 0.25) is 11.8 Å². The molecule has 13 heteroatoms. The molecule has 4 aromatic rings. The second kappa shape index (κ2) is 12.6. The van der Waals surface area contributed by atoms with Crippen LogP contribution in [-0.4, -0.2) is 45.8 Å². The van der Waals surface area contributed by atoms with Crippen LogP contribution in [0.15, 0.2) is 94.3 Å². The zero-order valence-electron chi connectivity index (χ0n) is 27.0. The fourth-order valence-electron chi connectivity index (χ4n) is 8.73. The molecule has 4 aliphatic rings. The Hall–Kier alpha value is -4.52. The second-order valence-corrected chi connectivity index (χ2v) is 15.6. The lowest BCUT2D eigenvalue weighted by atomic mass is 9.49. The number of benzene rings is 3. The highest BCUT2D eigenvalue weighted by Gasteiger charge is 2.70. The van der Waals surface area contributed by atoms with Gasteiger partial charge in [-0.3, -0.25) is 29.5 Å². The van der Waals surface area contributed by atoms with Gasteiger partial charge >= 0.3 is 0 Å². The summed E-state index contributed by atoms with van der Waals surface area (Å²) in [5, 5.41) is 14.2. The van der Waals surface area contributed by atoms with Gasteiger partial charge in [-0.2, -0.15) is 5.01 Å². The van der Waals surface area contributed by atoms with Crippen molar-refractivity contribution in [3.05, 3.63) is 121 Å². The molecule has 51 heavy (non-hydrogen) atoms. The number of likely N-dealkylation sites (tertiary alicyclic amines) is 1. The third-order valence-electron chi connectivity index (χ3n) is 10.8. The standard InChI is InChI=1S/C38H30BrClFN3O6S/c1-50-30-16-19(15-29(39)33(30)45)32-25-12-13-26-31(36(48)43(34(26)46)18-24-3-2-14-51-24)27(25)17-28-35(47)44(42-23-10-8-22(41)9-11-23)37(49)38(28,32)20-4-6-21(40)7-5-20/h2-12,14-16,26-28,31-32,42,45H,13,17-18H2,1H3/t26-,27+,28-,31-,32-,38+/m0/s1. The van der Waals surface area contributed by atoms with E-state index in [4.69, 9.17) is 16.3 Å². The Bertz CT molecular complexity index is 2130. The highest BCUT2D eigenvalue weighted by molar-refractivity contribution is 9.10. The van der Waals surface area contributed by atoms with Crippen LogP contribution < -0.4 is 10.2 Å². The van der Waals surface area contributed by atoms with Crippen LogP contribution in [0.2, 0.25) is 5.02 Å². The molecule has 0 radical (unpaired) electrons. The summed E-state index contributed by atoms with van der Waals surface area (Å²) >= 11 is 11.3. The van der Waals surface area contributed by atoms with E-state index in [1.807, 2.05) is 23.6 Å². The van der Waals surface area contributed by atoms with E-state index in [0.717, 1.165) is 15.5 Å². The number of amides is 4. The van der Waals surface area contributed by atoms with Crippen LogP contribution >= 0.6 is 38.9 Å². The van der Waals surface area contributed by atoms with E-state index in [9.17, 15) is 23.9 Å². The molecule has 6 atom stereocenters. The van der Waals surface area contributed by atoms with Crippen molar-refractivity contribution < 1.29 is 33.4 Å². The van der Waals surface area contributed by atoms with E-state index in [2.05, 4.69) is 21.4 Å². The minimum atomic E-state index is -1.56. The first-order valence-corrected chi connectivity index (χ1v) is 18.4.